The quantitative estimate of drug-likeness (QED) is 0.190. The number of β-amino-alcohol motifs (C(OH)–C–C–N with tert-alkyl or cyclic N) is 1. The van der Waals surface area contributed by atoms with Crippen molar-refractivity contribution in [3.05, 3.63) is 0 Å². The average Bonchev–Trinajstić information content (AvgIpc) is 2.74. The number of aliphatic hydroxyl groups excluding tert-OH is 7. The lowest BCUT2D eigenvalue weighted by molar-refractivity contribution is -0.351. The molecule has 12 atom stereocenters. The van der Waals surface area contributed by atoms with Crippen molar-refractivity contribution in [2.45, 2.75) is 86.9 Å². The summed E-state index contributed by atoms with van der Waals surface area (Å²) in [5.74, 6) is -0.319. The SMILES string of the molecule is CC1OC(OC2C(CO)OC(OC3C(CO)NCC(O)[C@H]3O)C(O)C2O)C(O)CC1=O. The number of aliphatic hydroxyl groups is 7. The van der Waals surface area contributed by atoms with E-state index in [1.807, 2.05) is 0 Å². The lowest BCUT2D eigenvalue weighted by Crippen LogP contribution is -2.66. The summed E-state index contributed by atoms with van der Waals surface area (Å²) in [6, 6.07) is -0.780. The molecule has 3 heterocycles. The largest absolute Gasteiger partial charge is 0.395 e. The summed E-state index contributed by atoms with van der Waals surface area (Å²) in [6.45, 7) is 0.394. The van der Waals surface area contributed by atoms with Crippen molar-refractivity contribution >= 4 is 5.78 Å². The first-order valence-corrected chi connectivity index (χ1v) is 10.2. The molecule has 3 rings (SSSR count). The predicted octanol–water partition coefficient (Wildman–Crippen LogP) is -5.05. The Hall–Kier alpha value is -0.810. The molecule has 3 saturated heterocycles. The van der Waals surface area contributed by atoms with Gasteiger partial charge in [0.1, 0.15) is 48.8 Å². The number of hydrogen-bond acceptors (Lipinski definition) is 13. The Labute approximate surface area is 178 Å². The van der Waals surface area contributed by atoms with Gasteiger partial charge in [0.15, 0.2) is 18.4 Å². The fourth-order valence-electron chi connectivity index (χ4n) is 3.91. The zero-order chi connectivity index (χ0) is 22.9. The molecule has 0 bridgehead atoms. The van der Waals surface area contributed by atoms with E-state index < -0.39 is 86.8 Å². The molecule has 0 aliphatic carbocycles. The van der Waals surface area contributed by atoms with E-state index in [-0.39, 0.29) is 18.7 Å². The Morgan fingerprint density at radius 2 is 1.58 bits per heavy atom. The van der Waals surface area contributed by atoms with Crippen LogP contribution in [0.2, 0.25) is 0 Å². The van der Waals surface area contributed by atoms with Crippen LogP contribution in [0.3, 0.4) is 0 Å². The smallest absolute Gasteiger partial charge is 0.187 e. The molecule has 180 valence electrons. The van der Waals surface area contributed by atoms with Gasteiger partial charge in [-0.3, -0.25) is 4.79 Å². The maximum absolute atomic E-state index is 11.6. The van der Waals surface area contributed by atoms with Gasteiger partial charge in [-0.2, -0.15) is 0 Å². The average molecular weight is 453 g/mol. The molecule has 13 heteroatoms. The second-order valence-corrected chi connectivity index (χ2v) is 8.05. The van der Waals surface area contributed by atoms with Gasteiger partial charge in [0, 0.05) is 13.0 Å². The van der Waals surface area contributed by atoms with Crippen LogP contribution in [0.1, 0.15) is 13.3 Å². The van der Waals surface area contributed by atoms with Crippen LogP contribution in [0.4, 0.5) is 0 Å². The van der Waals surface area contributed by atoms with Gasteiger partial charge in [0.2, 0.25) is 0 Å². The van der Waals surface area contributed by atoms with E-state index in [0.717, 1.165) is 0 Å². The molecule has 0 amide bonds. The van der Waals surface area contributed by atoms with Crippen LogP contribution < -0.4 is 5.32 Å². The summed E-state index contributed by atoms with van der Waals surface area (Å²) >= 11 is 0. The van der Waals surface area contributed by atoms with E-state index in [4.69, 9.17) is 18.9 Å². The highest BCUT2D eigenvalue weighted by Crippen LogP contribution is 2.30. The molecule has 0 saturated carbocycles. The molecule has 0 spiro atoms. The highest BCUT2D eigenvalue weighted by Gasteiger charge is 2.50. The molecule has 8 N–H and O–H groups in total. The molecular formula is C18H31NO12. The van der Waals surface area contributed by atoms with Crippen LogP contribution in [0.5, 0.6) is 0 Å². The first-order chi connectivity index (χ1) is 14.7. The minimum absolute atomic E-state index is 0.0166. The van der Waals surface area contributed by atoms with Crippen LogP contribution in [-0.2, 0) is 23.7 Å². The van der Waals surface area contributed by atoms with Crippen LogP contribution in [0.15, 0.2) is 0 Å². The minimum atomic E-state index is -1.71. The number of nitrogens with one attached hydrogen (secondary N) is 1. The summed E-state index contributed by atoms with van der Waals surface area (Å²) in [6.07, 6.45) is -14.9. The molecule has 0 aromatic heterocycles. The fourth-order valence-corrected chi connectivity index (χ4v) is 3.91. The Morgan fingerprint density at radius 1 is 0.903 bits per heavy atom. The summed E-state index contributed by atoms with van der Waals surface area (Å²) in [5.41, 5.74) is 0. The zero-order valence-corrected chi connectivity index (χ0v) is 16.9. The Bertz CT molecular complexity index is 606. The number of rotatable bonds is 6. The van der Waals surface area contributed by atoms with Crippen LogP contribution >= 0.6 is 0 Å². The van der Waals surface area contributed by atoms with Gasteiger partial charge in [-0.25, -0.2) is 0 Å². The molecule has 3 aliphatic rings. The lowest BCUT2D eigenvalue weighted by Gasteiger charge is -2.46. The molecular weight excluding hydrogens is 422 g/mol. The monoisotopic (exact) mass is 453 g/mol. The Morgan fingerprint density at radius 3 is 2.23 bits per heavy atom. The van der Waals surface area contributed by atoms with Crippen LogP contribution in [0.25, 0.3) is 0 Å². The highest BCUT2D eigenvalue weighted by atomic mass is 16.7. The molecule has 31 heavy (non-hydrogen) atoms. The number of ketones is 1. The van der Waals surface area contributed by atoms with Crippen molar-refractivity contribution in [1.29, 1.82) is 0 Å². The van der Waals surface area contributed by atoms with Crippen molar-refractivity contribution in [1.82, 2.24) is 5.32 Å². The lowest BCUT2D eigenvalue weighted by atomic mass is 9.95. The van der Waals surface area contributed by atoms with Crippen molar-refractivity contribution < 1.29 is 59.5 Å². The Kier molecular flexibility index (Phi) is 8.34. The second kappa shape index (κ2) is 10.4. The topological polar surface area (TPSA) is 208 Å². The highest BCUT2D eigenvalue weighted by molar-refractivity contribution is 5.83. The van der Waals surface area contributed by atoms with E-state index in [9.17, 15) is 40.5 Å². The summed E-state index contributed by atoms with van der Waals surface area (Å²) in [7, 11) is 0. The molecule has 3 aliphatic heterocycles. The Balaban J connectivity index is 1.69. The molecule has 0 radical (unpaired) electrons. The summed E-state index contributed by atoms with van der Waals surface area (Å²) in [5, 5.41) is 73.2. The van der Waals surface area contributed by atoms with Gasteiger partial charge < -0.3 is 60.0 Å². The van der Waals surface area contributed by atoms with E-state index in [0.29, 0.717) is 0 Å². The fraction of sp³-hybridized carbons (Fsp3) is 0.944. The number of piperidine rings is 1. The van der Waals surface area contributed by atoms with Gasteiger partial charge >= 0.3 is 0 Å². The van der Waals surface area contributed by atoms with Crippen LogP contribution in [-0.4, -0.2) is 135 Å². The van der Waals surface area contributed by atoms with Gasteiger partial charge in [-0.1, -0.05) is 0 Å². The minimum Gasteiger partial charge on any atom is -0.395 e. The number of hydrogen-bond donors (Lipinski definition) is 8. The predicted molar refractivity (Wildman–Crippen MR) is 98.4 cm³/mol. The summed E-state index contributed by atoms with van der Waals surface area (Å²) < 4.78 is 22.0. The molecule has 3 fully saturated rings. The molecule has 0 aromatic carbocycles. The maximum atomic E-state index is 11.6. The number of Topliss-reactive ketones (excluding diaryl/α,β-unsaturated/α-hetero) is 1. The van der Waals surface area contributed by atoms with Crippen molar-refractivity contribution in [3.63, 3.8) is 0 Å². The third-order valence-electron chi connectivity index (χ3n) is 5.83. The van der Waals surface area contributed by atoms with Crippen molar-refractivity contribution in [2.24, 2.45) is 0 Å². The van der Waals surface area contributed by atoms with Gasteiger partial charge in [-0.05, 0) is 6.92 Å². The van der Waals surface area contributed by atoms with Crippen molar-refractivity contribution in [2.75, 3.05) is 19.8 Å². The standard InChI is InChI=1S/C18H31NO12/c1-6-8(22)2-9(23)17(28-6)31-16-11(5-21)29-18(14(27)13(16)26)30-15-7(4-20)19-3-10(24)12(15)25/h6-7,9-21,23-27H,2-5H2,1H3/t6?,7?,9?,10?,11?,12-,13?,14?,15?,16?,17?,18?/m1/s1. The van der Waals surface area contributed by atoms with E-state index >= 15 is 0 Å². The molecule has 13 nitrogen and oxygen atoms in total. The second-order valence-electron chi connectivity index (χ2n) is 8.05. The maximum Gasteiger partial charge on any atom is 0.187 e. The van der Waals surface area contributed by atoms with Gasteiger partial charge in [0.25, 0.3) is 0 Å². The van der Waals surface area contributed by atoms with Crippen molar-refractivity contribution in [3.8, 4) is 0 Å². The first-order valence-electron chi connectivity index (χ1n) is 10.2. The first kappa shape index (κ1) is 24.8. The van der Waals surface area contributed by atoms with E-state index in [1.165, 1.54) is 6.92 Å². The molecule has 0 aromatic rings. The number of ether oxygens (including phenoxy) is 4. The van der Waals surface area contributed by atoms with Gasteiger partial charge in [0.05, 0.1) is 25.4 Å². The third-order valence-corrected chi connectivity index (χ3v) is 5.83. The van der Waals surface area contributed by atoms with E-state index in [2.05, 4.69) is 5.32 Å². The zero-order valence-electron chi connectivity index (χ0n) is 16.9. The third kappa shape index (κ3) is 5.24. The van der Waals surface area contributed by atoms with Gasteiger partial charge in [-0.15, -0.1) is 0 Å². The van der Waals surface area contributed by atoms with E-state index in [1.54, 1.807) is 0 Å². The molecule has 11 unspecified atom stereocenters. The number of carbonyl (C=O) groups is 1. The normalized spacial score (nSPS) is 49.2. The number of carbonyl (C=O) groups excluding carboxylic acids is 1. The summed E-state index contributed by atoms with van der Waals surface area (Å²) in [4.78, 5) is 11.6. The van der Waals surface area contributed by atoms with Crippen LogP contribution in [0, 0.1) is 0 Å².